The van der Waals surface area contributed by atoms with Crippen molar-refractivity contribution in [3.05, 3.63) is 24.3 Å². The summed E-state index contributed by atoms with van der Waals surface area (Å²) in [6, 6.07) is 6.77. The highest BCUT2D eigenvalue weighted by Crippen LogP contribution is 2.35. The van der Waals surface area contributed by atoms with Crippen molar-refractivity contribution in [1.82, 2.24) is 0 Å². The van der Waals surface area contributed by atoms with Crippen molar-refractivity contribution in [2.24, 2.45) is 0 Å². The van der Waals surface area contributed by atoms with Crippen molar-refractivity contribution in [3.8, 4) is 0 Å². The molecule has 170 valence electrons. The third-order valence-electron chi connectivity index (χ3n) is 5.09. The van der Waals surface area contributed by atoms with Gasteiger partial charge in [0.1, 0.15) is 54.3 Å². The molecule has 12 heteroatoms. The first-order valence-corrected chi connectivity index (χ1v) is 10.3. The lowest BCUT2D eigenvalue weighted by Gasteiger charge is -2.46. The summed E-state index contributed by atoms with van der Waals surface area (Å²) in [5, 5.41) is 70.0. The van der Waals surface area contributed by atoms with E-state index in [9.17, 15) is 35.7 Å². The van der Waals surface area contributed by atoms with Crippen LogP contribution < -0.4 is 5.73 Å². The Balaban J connectivity index is 1.71. The maximum atomic E-state index is 10.6. The predicted octanol–water partition coefficient (Wildman–Crippen LogP) is -3.01. The van der Waals surface area contributed by atoms with Crippen molar-refractivity contribution < 1.29 is 50.0 Å². The summed E-state index contributed by atoms with van der Waals surface area (Å²) >= 11 is 1.12. The molecule has 1 aromatic rings. The minimum absolute atomic E-state index is 0.561. The largest absolute Gasteiger partial charge is 0.399 e. The number of rotatable bonds is 6. The molecule has 0 aliphatic carbocycles. The number of nitrogen functional groups attached to an aromatic ring is 1. The smallest absolute Gasteiger partial charge is 0.187 e. The van der Waals surface area contributed by atoms with Gasteiger partial charge in [-0.2, -0.15) is 0 Å². The highest BCUT2D eigenvalue weighted by Gasteiger charge is 2.50. The van der Waals surface area contributed by atoms with E-state index in [4.69, 9.17) is 19.9 Å². The fourth-order valence-corrected chi connectivity index (χ4v) is 4.39. The second-order valence-electron chi connectivity index (χ2n) is 7.19. The van der Waals surface area contributed by atoms with E-state index in [0.717, 1.165) is 11.8 Å². The number of hydrogen-bond acceptors (Lipinski definition) is 12. The molecular weight excluding hydrogens is 422 g/mol. The number of hydrogen-bond donors (Lipinski definition) is 8. The van der Waals surface area contributed by atoms with Crippen molar-refractivity contribution in [1.29, 1.82) is 0 Å². The number of anilines is 1. The SMILES string of the molecule is Nc1ccc(S[C@@H]2OC(CO)[C@@H](O[C@@H]3OC(CO)[C@@H](O)[C@H](O)C3O)[C@H](O)C2O)cc1. The summed E-state index contributed by atoms with van der Waals surface area (Å²) in [5.74, 6) is 0. The molecule has 2 saturated heterocycles. The molecule has 0 bridgehead atoms. The summed E-state index contributed by atoms with van der Waals surface area (Å²) < 4.78 is 16.5. The molecule has 2 fully saturated rings. The van der Waals surface area contributed by atoms with Crippen LogP contribution in [0.25, 0.3) is 0 Å². The van der Waals surface area contributed by atoms with Crippen molar-refractivity contribution in [2.45, 2.75) is 65.5 Å². The second-order valence-corrected chi connectivity index (χ2v) is 8.36. The first kappa shape index (κ1) is 23.6. The summed E-state index contributed by atoms with van der Waals surface area (Å²) in [7, 11) is 0. The molecular formula is C18H27NO10S. The van der Waals surface area contributed by atoms with Gasteiger partial charge in [-0.3, -0.25) is 0 Å². The van der Waals surface area contributed by atoms with Gasteiger partial charge in [0.2, 0.25) is 0 Å². The van der Waals surface area contributed by atoms with E-state index in [1.807, 2.05) is 0 Å². The average molecular weight is 449 g/mol. The van der Waals surface area contributed by atoms with E-state index in [1.54, 1.807) is 24.3 Å². The van der Waals surface area contributed by atoms with E-state index < -0.39 is 73.8 Å². The van der Waals surface area contributed by atoms with Crippen LogP contribution in [0.2, 0.25) is 0 Å². The minimum atomic E-state index is -1.70. The maximum Gasteiger partial charge on any atom is 0.187 e. The number of nitrogens with two attached hydrogens (primary N) is 1. The van der Waals surface area contributed by atoms with Gasteiger partial charge in [0.15, 0.2) is 6.29 Å². The fourth-order valence-electron chi connectivity index (χ4n) is 3.33. The Kier molecular flexibility index (Phi) is 7.92. The van der Waals surface area contributed by atoms with E-state index in [0.29, 0.717) is 10.6 Å². The molecule has 0 aromatic heterocycles. The van der Waals surface area contributed by atoms with Crippen LogP contribution in [0.15, 0.2) is 29.2 Å². The van der Waals surface area contributed by atoms with Gasteiger partial charge in [0, 0.05) is 10.6 Å². The maximum absolute atomic E-state index is 10.6. The van der Waals surface area contributed by atoms with Gasteiger partial charge in [-0.1, -0.05) is 11.8 Å². The lowest BCUT2D eigenvalue weighted by Crippen LogP contribution is -2.64. The summed E-state index contributed by atoms with van der Waals surface area (Å²) in [6.07, 6.45) is -13.1. The van der Waals surface area contributed by atoms with Crippen LogP contribution in [0.3, 0.4) is 0 Å². The number of thioether (sulfide) groups is 1. The van der Waals surface area contributed by atoms with Crippen LogP contribution in [0.4, 0.5) is 5.69 Å². The zero-order valence-electron chi connectivity index (χ0n) is 15.8. The first-order chi connectivity index (χ1) is 14.3. The summed E-state index contributed by atoms with van der Waals surface area (Å²) in [5.41, 5.74) is 5.27. The molecule has 9 N–H and O–H groups in total. The molecule has 2 aliphatic rings. The Morgan fingerprint density at radius 2 is 1.43 bits per heavy atom. The third-order valence-corrected chi connectivity index (χ3v) is 6.26. The molecule has 0 radical (unpaired) electrons. The molecule has 2 heterocycles. The quantitative estimate of drug-likeness (QED) is 0.205. The molecule has 0 amide bonds. The van der Waals surface area contributed by atoms with E-state index in [2.05, 4.69) is 0 Å². The van der Waals surface area contributed by atoms with Gasteiger partial charge < -0.3 is 55.7 Å². The highest BCUT2D eigenvalue weighted by atomic mass is 32.2. The zero-order chi connectivity index (χ0) is 22.0. The Hall–Kier alpha value is -1.03. The van der Waals surface area contributed by atoms with Crippen molar-refractivity contribution in [3.63, 3.8) is 0 Å². The molecule has 10 atom stereocenters. The van der Waals surface area contributed by atoms with E-state index in [-0.39, 0.29) is 0 Å². The van der Waals surface area contributed by atoms with E-state index in [1.165, 1.54) is 0 Å². The predicted molar refractivity (Wildman–Crippen MR) is 103 cm³/mol. The van der Waals surface area contributed by atoms with Gasteiger partial charge >= 0.3 is 0 Å². The van der Waals surface area contributed by atoms with Crippen LogP contribution in [0.1, 0.15) is 0 Å². The highest BCUT2D eigenvalue weighted by molar-refractivity contribution is 7.99. The molecule has 2 aliphatic heterocycles. The van der Waals surface area contributed by atoms with E-state index >= 15 is 0 Å². The van der Waals surface area contributed by atoms with Gasteiger partial charge in [0.25, 0.3) is 0 Å². The first-order valence-electron chi connectivity index (χ1n) is 9.37. The van der Waals surface area contributed by atoms with Crippen molar-refractivity contribution in [2.75, 3.05) is 18.9 Å². The number of benzene rings is 1. The number of aliphatic hydroxyl groups excluding tert-OH is 7. The van der Waals surface area contributed by atoms with Gasteiger partial charge in [-0.25, -0.2) is 0 Å². The number of ether oxygens (including phenoxy) is 3. The average Bonchev–Trinajstić information content (AvgIpc) is 2.74. The lowest BCUT2D eigenvalue weighted by atomic mass is 9.97. The normalized spacial score (nSPS) is 42.2. The monoisotopic (exact) mass is 449 g/mol. The van der Waals surface area contributed by atoms with Crippen LogP contribution in [0.5, 0.6) is 0 Å². The van der Waals surface area contributed by atoms with Crippen LogP contribution in [0, 0.1) is 0 Å². The van der Waals surface area contributed by atoms with Gasteiger partial charge in [0.05, 0.1) is 13.2 Å². The molecule has 1 aromatic carbocycles. The Morgan fingerprint density at radius 3 is 2.03 bits per heavy atom. The summed E-state index contributed by atoms with van der Waals surface area (Å²) in [4.78, 5) is 0.713. The standard InChI is InChI=1S/C18H27NO10S/c19-7-1-3-8(4-2-7)30-18-15(26)13(24)16(10(6-21)28-18)29-17-14(25)12(23)11(22)9(5-20)27-17/h1-4,9-18,20-26H,5-6,19H2/t9?,10?,11-,12+,13-,14?,15?,16-,17+,18+/m1/s1. The van der Waals surface area contributed by atoms with Crippen LogP contribution >= 0.6 is 11.8 Å². The lowest BCUT2D eigenvalue weighted by molar-refractivity contribution is -0.338. The molecule has 0 saturated carbocycles. The van der Waals surface area contributed by atoms with Gasteiger partial charge in [-0.05, 0) is 24.3 Å². The molecule has 4 unspecified atom stereocenters. The minimum Gasteiger partial charge on any atom is -0.399 e. The summed E-state index contributed by atoms with van der Waals surface area (Å²) in [6.45, 7) is -1.23. The third kappa shape index (κ3) is 4.89. The molecule has 11 nitrogen and oxygen atoms in total. The fraction of sp³-hybridized carbons (Fsp3) is 0.667. The molecule has 0 spiro atoms. The topological polar surface area (TPSA) is 195 Å². The Bertz CT molecular complexity index is 677. The van der Waals surface area contributed by atoms with Crippen LogP contribution in [-0.4, -0.2) is 110 Å². The second kappa shape index (κ2) is 10.1. The Morgan fingerprint density at radius 1 is 0.800 bits per heavy atom. The Labute approximate surface area is 176 Å². The molecule has 30 heavy (non-hydrogen) atoms. The van der Waals surface area contributed by atoms with Crippen LogP contribution in [-0.2, 0) is 14.2 Å². The van der Waals surface area contributed by atoms with Crippen molar-refractivity contribution >= 4 is 17.4 Å². The van der Waals surface area contributed by atoms with Gasteiger partial charge in [-0.15, -0.1) is 0 Å². The zero-order valence-corrected chi connectivity index (χ0v) is 16.7. The number of aliphatic hydroxyl groups is 7. The molecule has 3 rings (SSSR count).